The Morgan fingerprint density at radius 1 is 1.17 bits per heavy atom. The van der Waals surface area contributed by atoms with Crippen molar-refractivity contribution in [2.75, 3.05) is 0 Å². The third kappa shape index (κ3) is 4.14. The summed E-state index contributed by atoms with van der Waals surface area (Å²) in [4.78, 5) is 14.1. The van der Waals surface area contributed by atoms with Crippen LogP contribution in [0.25, 0.3) is 33.7 Å². The molecule has 0 spiro atoms. The maximum Gasteiger partial charge on any atom is 0.354 e. The summed E-state index contributed by atoms with van der Waals surface area (Å²) in [7, 11) is 0. The largest absolute Gasteiger partial charge is 0.477 e. The molecule has 0 amide bonds. The second kappa shape index (κ2) is 9.94. The van der Waals surface area contributed by atoms with Crippen LogP contribution in [0.5, 0.6) is 0 Å². The summed E-state index contributed by atoms with van der Waals surface area (Å²) in [6, 6.07) is 13.7. The third-order valence-electron chi connectivity index (χ3n) is 6.74. The zero-order valence-electron chi connectivity index (χ0n) is 20.0. The molecule has 2 aromatic carbocycles. The van der Waals surface area contributed by atoms with Crippen molar-refractivity contribution in [1.29, 1.82) is 0 Å². The van der Waals surface area contributed by atoms with Gasteiger partial charge in [0.2, 0.25) is 0 Å². The van der Waals surface area contributed by atoms with Gasteiger partial charge in [0.05, 0.1) is 4.47 Å². The van der Waals surface area contributed by atoms with Crippen molar-refractivity contribution in [3.63, 3.8) is 0 Å². The molecule has 188 valence electrons. The van der Waals surface area contributed by atoms with E-state index in [1.54, 1.807) is 0 Å². The van der Waals surface area contributed by atoms with E-state index in [1.807, 2.05) is 54.3 Å². The summed E-state index contributed by atoms with van der Waals surface area (Å²) in [5, 5.41) is 28.5. The molecule has 3 N–H and O–H groups in total. The van der Waals surface area contributed by atoms with E-state index in [2.05, 4.69) is 55.7 Å². The lowest BCUT2D eigenvalue weighted by molar-refractivity contribution is -0.135. The number of allylic oxidation sites excluding steroid dienone is 1. The Bertz CT molecular complexity index is 1450. The van der Waals surface area contributed by atoms with E-state index in [-0.39, 0.29) is 12.4 Å². The van der Waals surface area contributed by atoms with Crippen LogP contribution in [-0.2, 0) is 11.3 Å². The molecule has 0 atom stereocenters. The second-order valence-corrected chi connectivity index (χ2v) is 9.39. The predicted molar refractivity (Wildman–Crippen MR) is 142 cm³/mol. The zero-order valence-corrected chi connectivity index (χ0v) is 22.4. The molecule has 1 aliphatic rings. The molecule has 0 saturated carbocycles. The first kappa shape index (κ1) is 25.7. The van der Waals surface area contributed by atoms with Gasteiger partial charge in [-0.15, -0.1) is 17.5 Å². The van der Waals surface area contributed by atoms with Crippen molar-refractivity contribution in [3.05, 3.63) is 63.9 Å². The minimum atomic E-state index is -0.926. The monoisotopic (exact) mass is 572 g/mol. The van der Waals surface area contributed by atoms with Gasteiger partial charge in [0.25, 0.3) is 0 Å². The number of hydrogen-bond donors (Lipinski definition) is 3. The smallest absolute Gasteiger partial charge is 0.354 e. The fraction of sp³-hybridized carbons (Fsp3) is 0.280. The molecule has 5 rings (SSSR count). The van der Waals surface area contributed by atoms with Gasteiger partial charge < -0.3 is 19.7 Å². The Kier molecular flexibility index (Phi) is 7.10. The van der Waals surface area contributed by atoms with Gasteiger partial charge in [0.1, 0.15) is 22.7 Å². The van der Waals surface area contributed by atoms with Crippen LogP contribution in [0.4, 0.5) is 0 Å². The molecule has 3 heterocycles. The van der Waals surface area contributed by atoms with Gasteiger partial charge in [-0.1, -0.05) is 44.2 Å². The van der Waals surface area contributed by atoms with Crippen LogP contribution < -0.4 is 5.32 Å². The highest BCUT2D eigenvalue weighted by Crippen LogP contribution is 2.42. The van der Waals surface area contributed by atoms with Crippen molar-refractivity contribution in [3.8, 4) is 22.7 Å². The summed E-state index contributed by atoms with van der Waals surface area (Å²) in [6.07, 6.45) is 1.54. The van der Waals surface area contributed by atoms with Crippen LogP contribution in [0.3, 0.4) is 0 Å². The van der Waals surface area contributed by atoms with E-state index in [4.69, 9.17) is 4.42 Å². The molecular weight excluding hydrogens is 548 g/mol. The van der Waals surface area contributed by atoms with Crippen LogP contribution in [0.2, 0.25) is 0 Å². The normalized spacial score (nSPS) is 14.7. The van der Waals surface area contributed by atoms with E-state index >= 15 is 0 Å². The molecule has 2 aromatic heterocycles. The molecule has 0 unspecified atom stereocenters. The Morgan fingerprint density at radius 2 is 1.89 bits per heavy atom. The maximum absolute atomic E-state index is 12.1. The quantitative estimate of drug-likeness (QED) is 0.257. The van der Waals surface area contributed by atoms with Crippen molar-refractivity contribution in [1.82, 2.24) is 30.8 Å². The molecule has 1 aliphatic heterocycles. The van der Waals surface area contributed by atoms with Gasteiger partial charge in [-0.3, -0.25) is 0 Å². The topological polar surface area (TPSA) is 120 Å². The predicted octanol–water partition coefficient (Wildman–Crippen LogP) is 5.70. The number of hydrogen-bond acceptors (Lipinski definition) is 7. The van der Waals surface area contributed by atoms with Crippen molar-refractivity contribution < 1.29 is 14.3 Å². The number of carboxylic acids is 1. The highest BCUT2D eigenvalue weighted by atomic mass is 79.9. The molecule has 0 saturated heterocycles. The molecule has 0 fully saturated rings. The van der Waals surface area contributed by atoms with E-state index < -0.39 is 11.6 Å². The van der Waals surface area contributed by atoms with Crippen LogP contribution in [0, 0.1) is 0 Å². The number of halogens is 2. The Morgan fingerprint density at radius 3 is 2.53 bits per heavy atom. The minimum Gasteiger partial charge on any atom is -0.477 e. The van der Waals surface area contributed by atoms with Crippen LogP contribution in [-0.4, -0.2) is 42.3 Å². The minimum absolute atomic E-state index is 0. The van der Waals surface area contributed by atoms with Crippen molar-refractivity contribution in [2.24, 2.45) is 0 Å². The Hall–Kier alpha value is -3.37. The number of nitrogens with zero attached hydrogens (tertiary/aromatic N) is 4. The van der Waals surface area contributed by atoms with Gasteiger partial charge >= 0.3 is 5.97 Å². The number of carboxylic acid groups (broad SMARTS) is 1. The van der Waals surface area contributed by atoms with E-state index in [9.17, 15) is 9.90 Å². The second-order valence-electron chi connectivity index (χ2n) is 8.60. The number of aliphatic carboxylic acids is 1. The number of aromatic amines is 1. The first-order valence-electron chi connectivity index (χ1n) is 11.4. The van der Waals surface area contributed by atoms with Crippen LogP contribution in [0.15, 0.2) is 62.7 Å². The summed E-state index contributed by atoms with van der Waals surface area (Å²) in [5.41, 5.74) is 3.95. The maximum atomic E-state index is 12.1. The summed E-state index contributed by atoms with van der Waals surface area (Å²) < 4.78 is 7.07. The SMILES string of the molecule is CCC1(CC)NC(C)=C(C(=O)O)N1Cc1ccc2oc(-c3ccccc3-c3nnn[nH]3)c(Br)c2c1.Cl. The number of fused-ring (bicyclic) bond motifs is 1. The number of nitrogens with one attached hydrogen (secondary N) is 2. The van der Waals surface area contributed by atoms with Gasteiger partial charge in [-0.2, -0.15) is 0 Å². The third-order valence-corrected chi connectivity index (χ3v) is 7.53. The van der Waals surface area contributed by atoms with Crippen LogP contribution in [0.1, 0.15) is 39.2 Å². The molecular formula is C25H26BrClN6O3. The molecule has 4 aromatic rings. The number of rotatable bonds is 7. The average Bonchev–Trinajstić information content (AvgIpc) is 3.57. The lowest BCUT2D eigenvalue weighted by atomic mass is 10.0. The van der Waals surface area contributed by atoms with E-state index in [0.717, 1.165) is 45.0 Å². The first-order valence-corrected chi connectivity index (χ1v) is 12.2. The first-order chi connectivity index (χ1) is 16.9. The molecule has 0 bridgehead atoms. The number of aromatic nitrogens is 4. The van der Waals surface area contributed by atoms with Gasteiger partial charge in [-0.05, 0) is 63.8 Å². The Labute approximate surface area is 222 Å². The summed E-state index contributed by atoms with van der Waals surface area (Å²) in [5.74, 6) is 0.296. The number of benzene rings is 2. The standard InChI is InChI=1S/C25H25BrN6O3.ClH/c1-4-25(5-2)27-14(3)21(24(33)34)32(25)13-15-10-11-19-18(12-15)20(26)22(35-19)16-8-6-7-9-17(16)23-28-30-31-29-23;/h6-12,27H,4-5,13H2,1-3H3,(H,33,34)(H,28,29,30,31);1H. The summed E-state index contributed by atoms with van der Waals surface area (Å²) >= 11 is 3.74. The number of furan rings is 1. The molecule has 36 heavy (non-hydrogen) atoms. The number of tetrazole rings is 1. The molecule has 9 nitrogen and oxygen atoms in total. The zero-order chi connectivity index (χ0) is 24.7. The molecule has 0 radical (unpaired) electrons. The van der Waals surface area contributed by atoms with Gasteiger partial charge in [0, 0.05) is 28.8 Å². The fourth-order valence-corrected chi connectivity index (χ4v) is 5.54. The number of carbonyl (C=O) groups is 1. The van der Waals surface area contributed by atoms with Gasteiger partial charge in [0.15, 0.2) is 5.82 Å². The highest BCUT2D eigenvalue weighted by molar-refractivity contribution is 9.10. The number of H-pyrrole nitrogens is 1. The molecule has 0 aliphatic carbocycles. The van der Waals surface area contributed by atoms with Crippen molar-refractivity contribution in [2.45, 2.75) is 45.8 Å². The lowest BCUT2D eigenvalue weighted by Gasteiger charge is -2.40. The molecule has 11 heteroatoms. The highest BCUT2D eigenvalue weighted by Gasteiger charge is 2.43. The Balaban J connectivity index is 0.00000304. The van der Waals surface area contributed by atoms with Crippen molar-refractivity contribution >= 4 is 45.3 Å². The average molecular weight is 574 g/mol. The fourth-order valence-electron chi connectivity index (χ4n) is 4.94. The summed E-state index contributed by atoms with van der Waals surface area (Å²) in [6.45, 7) is 6.43. The van der Waals surface area contributed by atoms with E-state index in [1.165, 1.54) is 0 Å². The van der Waals surface area contributed by atoms with Crippen LogP contribution >= 0.6 is 28.3 Å². The van der Waals surface area contributed by atoms with E-state index in [0.29, 0.717) is 29.5 Å². The lowest BCUT2D eigenvalue weighted by Crippen LogP contribution is -2.51. The van der Waals surface area contributed by atoms with Gasteiger partial charge in [-0.25, -0.2) is 9.89 Å².